The molecule has 0 aliphatic carbocycles. The number of amides is 2. The number of benzene rings is 1. The third-order valence-corrected chi connectivity index (χ3v) is 5.47. The minimum absolute atomic E-state index is 0.00775. The number of nitrogens with one attached hydrogen (secondary N) is 1. The molecule has 0 saturated carbocycles. The molecule has 174 valence electrons. The lowest BCUT2D eigenvalue weighted by Crippen LogP contribution is -2.49. The Morgan fingerprint density at radius 2 is 1.77 bits per heavy atom. The predicted molar refractivity (Wildman–Crippen MR) is 122 cm³/mol. The number of methoxy groups -OCH3 is 1. The number of nitrogens with zero attached hydrogens (tertiary/aromatic N) is 1. The van der Waals surface area contributed by atoms with Gasteiger partial charge in [-0.05, 0) is 49.8 Å². The number of carboxylic acid groups (broad SMARTS) is 1. The van der Waals surface area contributed by atoms with Crippen LogP contribution in [0.2, 0.25) is 10.0 Å². The van der Waals surface area contributed by atoms with Gasteiger partial charge in [-0.25, -0.2) is 0 Å². The van der Waals surface area contributed by atoms with Crippen LogP contribution in [-0.4, -0.2) is 60.6 Å². The van der Waals surface area contributed by atoms with E-state index in [9.17, 15) is 14.4 Å². The molecule has 2 amide bonds. The van der Waals surface area contributed by atoms with Crippen LogP contribution in [0.3, 0.4) is 0 Å². The van der Waals surface area contributed by atoms with Crippen molar-refractivity contribution in [1.82, 2.24) is 10.2 Å². The fraction of sp³-hybridized carbons (Fsp3) is 0.591. The quantitative estimate of drug-likeness (QED) is 0.392. The van der Waals surface area contributed by atoms with Gasteiger partial charge in [0.15, 0.2) is 0 Å². The molecule has 0 bridgehead atoms. The molecule has 7 nitrogen and oxygen atoms in total. The van der Waals surface area contributed by atoms with Gasteiger partial charge in [0.05, 0.1) is 10.0 Å². The lowest BCUT2D eigenvalue weighted by atomic mass is 10.1. The SMILES string of the molecule is COCCCN(CCCC(C)C)C(=O)C(CCC(=O)O)NC(=O)c1ccc(Cl)c(Cl)c1. The maximum absolute atomic E-state index is 13.2. The van der Waals surface area contributed by atoms with Gasteiger partial charge < -0.3 is 20.1 Å². The summed E-state index contributed by atoms with van der Waals surface area (Å²) in [5, 5.41) is 12.3. The fourth-order valence-electron chi connectivity index (χ4n) is 3.05. The molecular weight excluding hydrogens is 443 g/mol. The third-order valence-electron chi connectivity index (χ3n) is 4.73. The minimum atomic E-state index is -1.03. The average molecular weight is 475 g/mol. The van der Waals surface area contributed by atoms with Crippen molar-refractivity contribution in [1.29, 1.82) is 0 Å². The smallest absolute Gasteiger partial charge is 0.303 e. The summed E-state index contributed by atoms with van der Waals surface area (Å²) < 4.78 is 5.09. The Bertz CT molecular complexity index is 743. The zero-order valence-corrected chi connectivity index (χ0v) is 19.8. The Labute approximate surface area is 194 Å². The van der Waals surface area contributed by atoms with Crippen LogP contribution in [0.1, 0.15) is 56.3 Å². The molecule has 0 radical (unpaired) electrons. The number of hydrogen-bond acceptors (Lipinski definition) is 4. The highest BCUT2D eigenvalue weighted by Crippen LogP contribution is 2.22. The molecule has 0 heterocycles. The van der Waals surface area contributed by atoms with E-state index >= 15 is 0 Å². The molecule has 0 saturated heterocycles. The number of carbonyl (C=O) groups excluding carboxylic acids is 2. The molecular formula is C22H32Cl2N2O5. The molecule has 1 aromatic rings. The van der Waals surface area contributed by atoms with Crippen LogP contribution in [0, 0.1) is 5.92 Å². The fourth-order valence-corrected chi connectivity index (χ4v) is 3.34. The lowest BCUT2D eigenvalue weighted by molar-refractivity contribution is -0.138. The highest BCUT2D eigenvalue weighted by molar-refractivity contribution is 6.42. The summed E-state index contributed by atoms with van der Waals surface area (Å²) in [6.07, 6.45) is 2.19. The van der Waals surface area contributed by atoms with Crippen LogP contribution in [0.4, 0.5) is 0 Å². The number of rotatable bonds is 14. The highest BCUT2D eigenvalue weighted by Gasteiger charge is 2.27. The second-order valence-corrected chi connectivity index (χ2v) is 8.61. The first-order chi connectivity index (χ1) is 14.6. The Hall–Kier alpha value is -1.83. The van der Waals surface area contributed by atoms with Gasteiger partial charge >= 0.3 is 5.97 Å². The molecule has 0 aromatic heterocycles. The second kappa shape index (κ2) is 14.3. The summed E-state index contributed by atoms with van der Waals surface area (Å²) >= 11 is 11.9. The Morgan fingerprint density at radius 1 is 1.10 bits per heavy atom. The largest absolute Gasteiger partial charge is 0.481 e. The zero-order valence-electron chi connectivity index (χ0n) is 18.3. The summed E-state index contributed by atoms with van der Waals surface area (Å²) in [6.45, 7) is 5.74. The van der Waals surface area contributed by atoms with E-state index in [0.717, 1.165) is 12.8 Å². The number of hydrogen-bond donors (Lipinski definition) is 2. The Balaban J connectivity index is 2.97. The molecule has 1 unspecified atom stereocenters. The lowest BCUT2D eigenvalue weighted by Gasteiger charge is -2.28. The zero-order chi connectivity index (χ0) is 23.4. The Kier molecular flexibility index (Phi) is 12.5. The van der Waals surface area contributed by atoms with Gasteiger partial charge in [0, 0.05) is 38.8 Å². The second-order valence-electron chi connectivity index (χ2n) is 7.80. The van der Waals surface area contributed by atoms with Crippen molar-refractivity contribution in [2.24, 2.45) is 5.92 Å². The van der Waals surface area contributed by atoms with Gasteiger partial charge in [0.1, 0.15) is 6.04 Å². The van der Waals surface area contributed by atoms with Crippen molar-refractivity contribution < 1.29 is 24.2 Å². The van der Waals surface area contributed by atoms with Crippen LogP contribution in [0.15, 0.2) is 18.2 Å². The van der Waals surface area contributed by atoms with Crippen molar-refractivity contribution in [2.75, 3.05) is 26.8 Å². The molecule has 1 aromatic carbocycles. The summed E-state index contributed by atoms with van der Waals surface area (Å²) in [6, 6.07) is 3.45. The van der Waals surface area contributed by atoms with E-state index in [1.165, 1.54) is 18.2 Å². The number of halogens is 2. The van der Waals surface area contributed by atoms with Crippen molar-refractivity contribution in [2.45, 2.75) is 52.0 Å². The average Bonchev–Trinajstić information content (AvgIpc) is 2.71. The van der Waals surface area contributed by atoms with E-state index in [4.69, 9.17) is 33.0 Å². The summed E-state index contributed by atoms with van der Waals surface area (Å²) in [7, 11) is 1.60. The van der Waals surface area contributed by atoms with Gasteiger partial charge in [-0.1, -0.05) is 37.0 Å². The van der Waals surface area contributed by atoms with Gasteiger partial charge in [0.25, 0.3) is 5.91 Å². The maximum Gasteiger partial charge on any atom is 0.303 e. The molecule has 0 aliphatic heterocycles. The normalized spacial score (nSPS) is 11.9. The van der Waals surface area contributed by atoms with Gasteiger partial charge in [-0.3, -0.25) is 14.4 Å². The van der Waals surface area contributed by atoms with E-state index in [1.807, 2.05) is 0 Å². The van der Waals surface area contributed by atoms with Gasteiger partial charge in [0.2, 0.25) is 5.91 Å². The van der Waals surface area contributed by atoms with Crippen LogP contribution in [0.5, 0.6) is 0 Å². The number of carbonyl (C=O) groups is 3. The van der Waals surface area contributed by atoms with Crippen molar-refractivity contribution in [3.05, 3.63) is 33.8 Å². The van der Waals surface area contributed by atoms with Crippen LogP contribution in [-0.2, 0) is 14.3 Å². The summed E-state index contributed by atoms with van der Waals surface area (Å²) in [5.74, 6) is -1.34. The standard InChI is InChI=1S/C22H32Cl2N2O5/c1-15(2)6-4-11-26(12-5-13-31-3)22(30)19(9-10-20(27)28)25-21(29)16-7-8-17(23)18(24)14-16/h7-8,14-15,19H,4-6,9-13H2,1-3H3,(H,25,29)(H,27,28). The maximum atomic E-state index is 13.2. The van der Waals surface area contributed by atoms with E-state index in [-0.39, 0.29) is 29.3 Å². The molecule has 0 spiro atoms. The van der Waals surface area contributed by atoms with Gasteiger partial charge in [-0.2, -0.15) is 0 Å². The van der Waals surface area contributed by atoms with Crippen molar-refractivity contribution >= 4 is 41.0 Å². The summed E-state index contributed by atoms with van der Waals surface area (Å²) in [4.78, 5) is 38.7. The van der Waals surface area contributed by atoms with Crippen molar-refractivity contribution in [3.63, 3.8) is 0 Å². The number of aliphatic carboxylic acids is 1. The van der Waals surface area contributed by atoms with E-state index in [1.54, 1.807) is 12.0 Å². The topological polar surface area (TPSA) is 95.9 Å². The first-order valence-electron chi connectivity index (χ1n) is 10.4. The van der Waals surface area contributed by atoms with Crippen LogP contribution in [0.25, 0.3) is 0 Å². The van der Waals surface area contributed by atoms with Crippen LogP contribution >= 0.6 is 23.2 Å². The van der Waals surface area contributed by atoms with Crippen molar-refractivity contribution in [3.8, 4) is 0 Å². The predicted octanol–water partition coefficient (Wildman–Crippen LogP) is 4.26. The molecule has 1 rings (SSSR count). The first-order valence-corrected chi connectivity index (χ1v) is 11.2. The minimum Gasteiger partial charge on any atom is -0.481 e. The van der Waals surface area contributed by atoms with E-state index in [2.05, 4.69) is 19.2 Å². The molecule has 0 aliphatic rings. The monoisotopic (exact) mass is 474 g/mol. The highest BCUT2D eigenvalue weighted by atomic mass is 35.5. The molecule has 1 atom stereocenters. The third kappa shape index (κ3) is 10.4. The number of carboxylic acids is 1. The van der Waals surface area contributed by atoms with Crippen LogP contribution < -0.4 is 5.32 Å². The molecule has 2 N–H and O–H groups in total. The molecule has 31 heavy (non-hydrogen) atoms. The van der Waals surface area contributed by atoms with E-state index in [0.29, 0.717) is 37.1 Å². The Morgan fingerprint density at radius 3 is 2.35 bits per heavy atom. The van der Waals surface area contributed by atoms with Gasteiger partial charge in [-0.15, -0.1) is 0 Å². The molecule has 0 fully saturated rings. The molecule has 9 heteroatoms. The van der Waals surface area contributed by atoms with E-state index < -0.39 is 17.9 Å². The number of ether oxygens (including phenoxy) is 1. The first kappa shape index (κ1) is 27.2. The summed E-state index contributed by atoms with van der Waals surface area (Å²) in [5.41, 5.74) is 0.244.